The van der Waals surface area contributed by atoms with Crippen molar-refractivity contribution in [2.24, 2.45) is 5.10 Å². The van der Waals surface area contributed by atoms with Crippen LogP contribution < -0.4 is 5.32 Å². The fourth-order valence-electron chi connectivity index (χ4n) is 1.78. The molecule has 6 heteroatoms. The maximum atomic E-state index is 12.1. The Balaban J connectivity index is 2.17. The van der Waals surface area contributed by atoms with Gasteiger partial charge >= 0.3 is 6.03 Å². The number of imide groups is 1. The minimum atomic E-state index is -0.890. The number of carbonyl (C=O) groups excluding carboxylic acids is 2. The Morgan fingerprint density at radius 1 is 1.40 bits per heavy atom. The molecule has 3 amide bonds. The molecule has 0 aliphatic carbocycles. The van der Waals surface area contributed by atoms with E-state index < -0.39 is 11.6 Å². The van der Waals surface area contributed by atoms with E-state index in [0.29, 0.717) is 17.5 Å². The largest absolute Gasteiger partial charge is 0.346 e. The lowest BCUT2D eigenvalue weighted by atomic mass is 10.00. The van der Waals surface area contributed by atoms with Gasteiger partial charge in [-0.3, -0.25) is 4.79 Å². The van der Waals surface area contributed by atoms with Crippen LogP contribution in [0.2, 0.25) is 0 Å². The summed E-state index contributed by atoms with van der Waals surface area (Å²) in [5.74, 6) is -0.366. The van der Waals surface area contributed by atoms with Crippen LogP contribution in [0.1, 0.15) is 31.4 Å². The number of rotatable bonds is 3. The van der Waals surface area contributed by atoms with Crippen LogP contribution in [0.4, 0.5) is 4.79 Å². The van der Waals surface area contributed by atoms with Crippen LogP contribution in [0.25, 0.3) is 0 Å². The van der Waals surface area contributed by atoms with Crippen molar-refractivity contribution in [3.63, 3.8) is 0 Å². The Morgan fingerprint density at radius 2 is 2.05 bits per heavy atom. The molecule has 1 N–H and O–H groups in total. The fourth-order valence-corrected chi connectivity index (χ4v) is 1.78. The number of nitrogens with zero attached hydrogens (tertiary/aromatic N) is 3. The Labute approximate surface area is 116 Å². The van der Waals surface area contributed by atoms with Crippen LogP contribution in [-0.4, -0.2) is 28.7 Å². The van der Waals surface area contributed by atoms with Crippen LogP contribution in [0.15, 0.2) is 29.4 Å². The third-order valence-electron chi connectivity index (χ3n) is 3.31. The maximum absolute atomic E-state index is 12.1. The van der Waals surface area contributed by atoms with Gasteiger partial charge in [0, 0.05) is 0 Å². The minimum absolute atomic E-state index is 0.366. The molecule has 0 aromatic heterocycles. The zero-order valence-corrected chi connectivity index (χ0v) is 11.3. The average molecular weight is 270 g/mol. The highest BCUT2D eigenvalue weighted by Gasteiger charge is 2.46. The van der Waals surface area contributed by atoms with Crippen molar-refractivity contribution in [1.82, 2.24) is 10.3 Å². The summed E-state index contributed by atoms with van der Waals surface area (Å²) in [6.45, 7) is 3.50. The summed E-state index contributed by atoms with van der Waals surface area (Å²) in [6, 6.07) is 8.16. The van der Waals surface area contributed by atoms with Crippen molar-refractivity contribution in [2.75, 3.05) is 0 Å². The van der Waals surface area contributed by atoms with E-state index in [9.17, 15) is 9.59 Å². The molecule has 1 aliphatic heterocycles. The average Bonchev–Trinajstić information content (AvgIpc) is 2.68. The molecule has 20 heavy (non-hydrogen) atoms. The van der Waals surface area contributed by atoms with E-state index in [1.807, 2.05) is 13.0 Å². The normalized spacial score (nSPS) is 22.1. The predicted octanol–water partition coefficient (Wildman–Crippen LogP) is 1.61. The summed E-state index contributed by atoms with van der Waals surface area (Å²) in [4.78, 5) is 23.8. The van der Waals surface area contributed by atoms with Gasteiger partial charge in [-0.15, -0.1) is 5.01 Å². The topological polar surface area (TPSA) is 85.6 Å². The molecule has 1 aliphatic rings. The summed E-state index contributed by atoms with van der Waals surface area (Å²) in [6.07, 6.45) is 1.92. The number of nitriles is 1. The van der Waals surface area contributed by atoms with Crippen LogP contribution >= 0.6 is 0 Å². The van der Waals surface area contributed by atoms with Crippen LogP contribution in [0.5, 0.6) is 0 Å². The highest BCUT2D eigenvalue weighted by molar-refractivity contribution is 6.07. The van der Waals surface area contributed by atoms with E-state index >= 15 is 0 Å². The van der Waals surface area contributed by atoms with E-state index in [-0.39, 0.29) is 5.91 Å². The van der Waals surface area contributed by atoms with Gasteiger partial charge in [-0.25, -0.2) is 4.79 Å². The lowest BCUT2D eigenvalue weighted by Crippen LogP contribution is -2.42. The molecule has 2 rings (SSSR count). The SMILES string of the molecule is CCC1(C)NC(=O)N(/N=C/c2ccc(C#N)cc2)C1=O. The summed E-state index contributed by atoms with van der Waals surface area (Å²) < 4.78 is 0. The molecule has 1 aromatic rings. The zero-order valence-electron chi connectivity index (χ0n) is 11.3. The van der Waals surface area contributed by atoms with E-state index in [4.69, 9.17) is 5.26 Å². The van der Waals surface area contributed by atoms with Crippen LogP contribution in [0, 0.1) is 11.3 Å². The van der Waals surface area contributed by atoms with Gasteiger partial charge in [0.25, 0.3) is 5.91 Å². The number of urea groups is 1. The first-order valence-electron chi connectivity index (χ1n) is 6.21. The summed E-state index contributed by atoms with van der Waals surface area (Å²) in [5.41, 5.74) is 0.351. The summed E-state index contributed by atoms with van der Waals surface area (Å²) >= 11 is 0. The molecule has 0 bridgehead atoms. The van der Waals surface area contributed by atoms with Gasteiger partial charge in [0.1, 0.15) is 5.54 Å². The minimum Gasteiger partial charge on any atom is -0.322 e. The second-order valence-corrected chi connectivity index (χ2v) is 4.71. The van der Waals surface area contributed by atoms with Gasteiger partial charge < -0.3 is 5.32 Å². The molecule has 1 fully saturated rings. The van der Waals surface area contributed by atoms with E-state index in [0.717, 1.165) is 5.01 Å². The smallest absolute Gasteiger partial charge is 0.322 e. The lowest BCUT2D eigenvalue weighted by Gasteiger charge is -2.17. The standard InChI is InChI=1S/C14H14N4O2/c1-3-14(2)12(19)18(13(20)17-14)16-9-11-6-4-10(8-15)5-7-11/h4-7,9H,3H2,1-2H3,(H,17,20)/b16-9+. The van der Waals surface area contributed by atoms with Gasteiger partial charge in [-0.05, 0) is 31.0 Å². The van der Waals surface area contributed by atoms with Gasteiger partial charge in [0.2, 0.25) is 0 Å². The third-order valence-corrected chi connectivity index (χ3v) is 3.31. The van der Waals surface area contributed by atoms with Crippen molar-refractivity contribution >= 4 is 18.2 Å². The predicted molar refractivity (Wildman–Crippen MR) is 72.8 cm³/mol. The molecule has 1 unspecified atom stereocenters. The van der Waals surface area contributed by atoms with Crippen LogP contribution in [-0.2, 0) is 4.79 Å². The van der Waals surface area contributed by atoms with Crippen molar-refractivity contribution in [1.29, 1.82) is 5.26 Å². The Hall–Kier alpha value is -2.68. The summed E-state index contributed by atoms with van der Waals surface area (Å²) in [7, 11) is 0. The molecule has 1 saturated heterocycles. The number of hydrazone groups is 1. The lowest BCUT2D eigenvalue weighted by molar-refractivity contribution is -0.130. The first-order valence-corrected chi connectivity index (χ1v) is 6.21. The number of amides is 3. The Kier molecular flexibility index (Phi) is 3.53. The highest BCUT2D eigenvalue weighted by atomic mass is 16.2. The number of nitrogens with one attached hydrogen (secondary N) is 1. The quantitative estimate of drug-likeness (QED) is 0.668. The van der Waals surface area contributed by atoms with E-state index in [1.54, 1.807) is 31.2 Å². The van der Waals surface area contributed by atoms with Gasteiger partial charge in [0.15, 0.2) is 0 Å². The second-order valence-electron chi connectivity index (χ2n) is 4.71. The second kappa shape index (κ2) is 5.13. The molecular weight excluding hydrogens is 256 g/mol. The number of hydrogen-bond donors (Lipinski definition) is 1. The van der Waals surface area contributed by atoms with E-state index in [2.05, 4.69) is 10.4 Å². The Morgan fingerprint density at radius 3 is 2.55 bits per heavy atom. The van der Waals surface area contributed by atoms with Crippen molar-refractivity contribution in [3.8, 4) is 6.07 Å². The fraction of sp³-hybridized carbons (Fsp3) is 0.286. The van der Waals surface area contributed by atoms with Crippen molar-refractivity contribution in [3.05, 3.63) is 35.4 Å². The molecule has 0 spiro atoms. The molecule has 0 saturated carbocycles. The molecule has 1 aromatic carbocycles. The maximum Gasteiger partial charge on any atom is 0.346 e. The highest BCUT2D eigenvalue weighted by Crippen LogP contribution is 2.20. The Bertz CT molecular complexity index is 615. The van der Waals surface area contributed by atoms with Crippen LogP contribution in [0.3, 0.4) is 0 Å². The third kappa shape index (κ3) is 2.38. The first kappa shape index (κ1) is 13.7. The van der Waals surface area contributed by atoms with Gasteiger partial charge in [-0.2, -0.15) is 10.4 Å². The monoisotopic (exact) mass is 270 g/mol. The van der Waals surface area contributed by atoms with Gasteiger partial charge in [0.05, 0.1) is 17.8 Å². The molecular formula is C14H14N4O2. The zero-order chi connectivity index (χ0) is 14.8. The molecule has 0 radical (unpaired) electrons. The molecule has 6 nitrogen and oxygen atoms in total. The molecule has 1 heterocycles. The molecule has 102 valence electrons. The number of hydrogen-bond acceptors (Lipinski definition) is 4. The van der Waals surface area contributed by atoms with Gasteiger partial charge in [-0.1, -0.05) is 19.1 Å². The van der Waals surface area contributed by atoms with E-state index in [1.165, 1.54) is 6.21 Å². The molecule has 1 atom stereocenters. The number of carbonyl (C=O) groups is 2. The number of benzene rings is 1. The van der Waals surface area contributed by atoms with Crippen molar-refractivity contribution in [2.45, 2.75) is 25.8 Å². The summed E-state index contributed by atoms with van der Waals surface area (Å²) in [5, 5.41) is 16.1. The van der Waals surface area contributed by atoms with Crippen molar-refractivity contribution < 1.29 is 9.59 Å². The first-order chi connectivity index (χ1) is 9.50.